The fraction of sp³-hybridized carbons (Fsp3) is 0.167. The second kappa shape index (κ2) is 7.00. The lowest BCUT2D eigenvalue weighted by atomic mass is 10.2. The average molecular weight is 376 g/mol. The lowest BCUT2D eigenvalue weighted by molar-refractivity contribution is 0.580. The Balaban J connectivity index is 1.75. The van der Waals surface area contributed by atoms with E-state index in [2.05, 4.69) is 9.82 Å². The van der Waals surface area contributed by atoms with Crippen LogP contribution in [0.5, 0.6) is 0 Å². The van der Waals surface area contributed by atoms with Gasteiger partial charge in [0.15, 0.2) is 0 Å². The van der Waals surface area contributed by atoms with Crippen LogP contribution in [0.15, 0.2) is 59.8 Å². The molecule has 0 aliphatic rings. The number of rotatable bonds is 5. The van der Waals surface area contributed by atoms with Gasteiger partial charge in [0.1, 0.15) is 0 Å². The zero-order chi connectivity index (χ0) is 18.0. The van der Waals surface area contributed by atoms with Gasteiger partial charge >= 0.3 is 0 Å². The Labute approximate surface area is 152 Å². The average Bonchev–Trinajstić information content (AvgIpc) is 3.11. The van der Waals surface area contributed by atoms with Crippen LogP contribution in [0.3, 0.4) is 0 Å². The maximum atomic E-state index is 12.6. The SMILES string of the molecule is Cc1cc(S(=O)(=O)NCc2ccc(-n3cccn3)cc2)c(C)cc1Cl. The van der Waals surface area contributed by atoms with Gasteiger partial charge in [-0.05, 0) is 60.9 Å². The molecule has 0 saturated heterocycles. The molecule has 2 aromatic carbocycles. The van der Waals surface area contributed by atoms with Gasteiger partial charge in [-0.2, -0.15) is 5.10 Å². The molecule has 0 aliphatic carbocycles. The van der Waals surface area contributed by atoms with Gasteiger partial charge in [0.2, 0.25) is 10.0 Å². The van der Waals surface area contributed by atoms with Crippen molar-refractivity contribution < 1.29 is 8.42 Å². The van der Waals surface area contributed by atoms with E-state index >= 15 is 0 Å². The summed E-state index contributed by atoms with van der Waals surface area (Å²) in [5.41, 5.74) is 3.14. The molecule has 0 unspecified atom stereocenters. The van der Waals surface area contributed by atoms with Gasteiger partial charge in [-0.15, -0.1) is 0 Å². The highest BCUT2D eigenvalue weighted by atomic mass is 35.5. The summed E-state index contributed by atoms with van der Waals surface area (Å²) in [6.45, 7) is 3.73. The van der Waals surface area contributed by atoms with Crippen molar-refractivity contribution in [3.8, 4) is 5.69 Å². The van der Waals surface area contributed by atoms with E-state index in [0.29, 0.717) is 10.6 Å². The number of nitrogens with zero attached hydrogens (tertiary/aromatic N) is 2. The third kappa shape index (κ3) is 3.92. The highest BCUT2D eigenvalue weighted by molar-refractivity contribution is 7.89. The van der Waals surface area contributed by atoms with Gasteiger partial charge < -0.3 is 0 Å². The van der Waals surface area contributed by atoms with E-state index in [9.17, 15) is 8.42 Å². The second-order valence-corrected chi connectivity index (χ2v) is 7.95. The van der Waals surface area contributed by atoms with Crippen molar-refractivity contribution in [3.05, 3.63) is 76.6 Å². The predicted molar refractivity (Wildman–Crippen MR) is 98.5 cm³/mol. The number of aromatic nitrogens is 2. The van der Waals surface area contributed by atoms with E-state index in [0.717, 1.165) is 16.8 Å². The minimum absolute atomic E-state index is 0.211. The van der Waals surface area contributed by atoms with Crippen LogP contribution in [0, 0.1) is 13.8 Å². The van der Waals surface area contributed by atoms with E-state index in [-0.39, 0.29) is 11.4 Å². The largest absolute Gasteiger partial charge is 0.241 e. The summed E-state index contributed by atoms with van der Waals surface area (Å²) in [6.07, 6.45) is 3.56. The minimum Gasteiger partial charge on any atom is -0.241 e. The van der Waals surface area contributed by atoms with Gasteiger partial charge in [-0.3, -0.25) is 0 Å². The molecule has 3 aromatic rings. The van der Waals surface area contributed by atoms with Gasteiger partial charge in [-0.1, -0.05) is 23.7 Å². The van der Waals surface area contributed by atoms with Crippen LogP contribution in [0.4, 0.5) is 0 Å². The summed E-state index contributed by atoms with van der Waals surface area (Å²) in [5.74, 6) is 0. The first-order valence-electron chi connectivity index (χ1n) is 7.72. The van der Waals surface area contributed by atoms with E-state index in [1.807, 2.05) is 36.5 Å². The number of nitrogens with one attached hydrogen (secondary N) is 1. The van der Waals surface area contributed by atoms with Crippen molar-refractivity contribution in [2.75, 3.05) is 0 Å². The first-order valence-corrected chi connectivity index (χ1v) is 9.58. The molecule has 0 aliphatic heterocycles. The summed E-state index contributed by atoms with van der Waals surface area (Å²) in [5, 5.41) is 4.72. The Morgan fingerprint density at radius 3 is 2.48 bits per heavy atom. The number of aryl methyl sites for hydroxylation is 2. The topological polar surface area (TPSA) is 64.0 Å². The third-order valence-electron chi connectivity index (χ3n) is 3.92. The zero-order valence-electron chi connectivity index (χ0n) is 13.9. The second-order valence-electron chi connectivity index (χ2n) is 5.81. The molecule has 1 aromatic heterocycles. The maximum absolute atomic E-state index is 12.6. The summed E-state index contributed by atoms with van der Waals surface area (Å²) in [7, 11) is -3.61. The third-order valence-corrected chi connectivity index (χ3v) is 5.87. The molecule has 130 valence electrons. The fourth-order valence-electron chi connectivity index (χ4n) is 2.49. The van der Waals surface area contributed by atoms with Crippen molar-refractivity contribution in [2.45, 2.75) is 25.3 Å². The van der Waals surface area contributed by atoms with Gasteiger partial charge in [-0.25, -0.2) is 17.8 Å². The van der Waals surface area contributed by atoms with Crippen LogP contribution in [-0.2, 0) is 16.6 Å². The number of sulfonamides is 1. The quantitative estimate of drug-likeness (QED) is 0.740. The molecular formula is C18H18ClN3O2S. The number of hydrogen-bond donors (Lipinski definition) is 1. The Hall–Kier alpha value is -2.15. The van der Waals surface area contributed by atoms with Crippen LogP contribution in [-0.4, -0.2) is 18.2 Å². The molecular weight excluding hydrogens is 358 g/mol. The molecule has 0 spiro atoms. The molecule has 0 atom stereocenters. The molecule has 1 heterocycles. The van der Waals surface area contributed by atoms with Crippen LogP contribution in [0.2, 0.25) is 5.02 Å². The van der Waals surface area contributed by atoms with E-state index in [4.69, 9.17) is 11.6 Å². The Morgan fingerprint density at radius 1 is 1.12 bits per heavy atom. The Morgan fingerprint density at radius 2 is 1.84 bits per heavy atom. The maximum Gasteiger partial charge on any atom is 0.241 e. The monoisotopic (exact) mass is 375 g/mol. The van der Waals surface area contributed by atoms with E-state index in [1.165, 1.54) is 0 Å². The predicted octanol–water partition coefficient (Wildman–Crippen LogP) is 3.62. The summed E-state index contributed by atoms with van der Waals surface area (Å²) >= 11 is 6.04. The normalized spacial score (nSPS) is 11.6. The Kier molecular flexibility index (Phi) is 4.94. The van der Waals surface area contributed by atoms with Crippen molar-refractivity contribution in [2.24, 2.45) is 0 Å². The first kappa shape index (κ1) is 17.7. The molecule has 25 heavy (non-hydrogen) atoms. The van der Waals surface area contributed by atoms with E-state index in [1.54, 1.807) is 36.9 Å². The molecule has 1 N–H and O–H groups in total. The highest BCUT2D eigenvalue weighted by Crippen LogP contribution is 2.24. The first-order chi connectivity index (χ1) is 11.9. The molecule has 0 radical (unpaired) electrons. The fourth-order valence-corrected chi connectivity index (χ4v) is 4.03. The van der Waals surface area contributed by atoms with Gasteiger partial charge in [0.05, 0.1) is 10.6 Å². The van der Waals surface area contributed by atoms with Crippen molar-refractivity contribution in [1.29, 1.82) is 0 Å². The molecule has 0 fully saturated rings. The van der Waals surface area contributed by atoms with Gasteiger partial charge in [0, 0.05) is 24.0 Å². The van der Waals surface area contributed by atoms with Crippen LogP contribution >= 0.6 is 11.6 Å². The van der Waals surface area contributed by atoms with Crippen molar-refractivity contribution in [1.82, 2.24) is 14.5 Å². The van der Waals surface area contributed by atoms with Crippen molar-refractivity contribution >= 4 is 21.6 Å². The smallest absolute Gasteiger partial charge is 0.241 e. The van der Waals surface area contributed by atoms with Crippen molar-refractivity contribution in [3.63, 3.8) is 0 Å². The van der Waals surface area contributed by atoms with E-state index < -0.39 is 10.0 Å². The molecule has 0 bridgehead atoms. The zero-order valence-corrected chi connectivity index (χ0v) is 15.5. The molecule has 5 nitrogen and oxygen atoms in total. The highest BCUT2D eigenvalue weighted by Gasteiger charge is 2.18. The summed E-state index contributed by atoms with van der Waals surface area (Å²) in [6, 6.07) is 12.7. The lowest BCUT2D eigenvalue weighted by Gasteiger charge is -2.11. The molecule has 3 rings (SSSR count). The molecule has 7 heteroatoms. The van der Waals surface area contributed by atoms with Crippen LogP contribution in [0.1, 0.15) is 16.7 Å². The molecule has 0 saturated carbocycles. The number of halogens is 1. The van der Waals surface area contributed by atoms with Crippen LogP contribution < -0.4 is 4.72 Å². The summed E-state index contributed by atoms with van der Waals surface area (Å²) < 4.78 is 29.5. The van der Waals surface area contributed by atoms with Gasteiger partial charge in [0.25, 0.3) is 0 Å². The number of hydrogen-bond acceptors (Lipinski definition) is 3. The minimum atomic E-state index is -3.61. The standard InChI is InChI=1S/C18H18ClN3O2S/c1-13-11-18(14(2)10-17(13)19)25(23,24)21-12-15-4-6-16(7-5-15)22-9-3-8-20-22/h3-11,21H,12H2,1-2H3. The summed E-state index contributed by atoms with van der Waals surface area (Å²) in [4.78, 5) is 0.252. The lowest BCUT2D eigenvalue weighted by Crippen LogP contribution is -2.24. The molecule has 0 amide bonds. The number of benzene rings is 2. The van der Waals surface area contributed by atoms with Crippen LogP contribution in [0.25, 0.3) is 5.69 Å². The Bertz CT molecular complexity index is 982.